The predicted octanol–water partition coefficient (Wildman–Crippen LogP) is 2.08. The number of aromatic nitrogens is 1. The molecule has 22 heavy (non-hydrogen) atoms. The number of amides is 1. The summed E-state index contributed by atoms with van der Waals surface area (Å²) in [6.07, 6.45) is 4.04. The normalized spacial score (nSPS) is 10.5. The van der Waals surface area contributed by atoms with Crippen LogP contribution in [0.15, 0.2) is 41.1 Å². The Bertz CT molecular complexity index is 582. The molecule has 0 radical (unpaired) electrons. The fourth-order valence-corrected chi connectivity index (χ4v) is 1.97. The maximum Gasteiger partial charge on any atom is 0.255 e. The molecule has 0 aromatic carbocycles. The first-order valence-electron chi connectivity index (χ1n) is 7.19. The van der Waals surface area contributed by atoms with E-state index in [-0.39, 0.29) is 5.91 Å². The lowest BCUT2D eigenvalue weighted by atomic mass is 10.2. The van der Waals surface area contributed by atoms with Crippen LogP contribution >= 0.6 is 0 Å². The van der Waals surface area contributed by atoms with E-state index in [1.165, 1.54) is 0 Å². The van der Waals surface area contributed by atoms with Crippen molar-refractivity contribution in [3.8, 4) is 0 Å². The fourth-order valence-electron chi connectivity index (χ4n) is 1.97. The molecule has 2 heterocycles. The molecular formula is C16H21N3O3. The molecule has 2 aromatic heterocycles. The van der Waals surface area contributed by atoms with Crippen LogP contribution in [0.25, 0.3) is 0 Å². The average molecular weight is 303 g/mol. The smallest absolute Gasteiger partial charge is 0.255 e. The zero-order valence-electron chi connectivity index (χ0n) is 12.9. The Balaban J connectivity index is 1.69. The number of furan rings is 1. The van der Waals surface area contributed by atoms with E-state index in [1.807, 2.05) is 31.1 Å². The van der Waals surface area contributed by atoms with Crippen molar-refractivity contribution < 1.29 is 13.9 Å². The Morgan fingerprint density at radius 3 is 2.95 bits per heavy atom. The second-order valence-corrected chi connectivity index (χ2v) is 5.01. The molecule has 0 fully saturated rings. The number of carbonyl (C=O) groups excluding carboxylic acids is 1. The van der Waals surface area contributed by atoms with E-state index >= 15 is 0 Å². The molecule has 0 aliphatic heterocycles. The second kappa shape index (κ2) is 8.19. The third-order valence-electron chi connectivity index (χ3n) is 3.03. The monoisotopic (exact) mass is 303 g/mol. The van der Waals surface area contributed by atoms with E-state index in [0.717, 1.165) is 12.2 Å². The van der Waals surface area contributed by atoms with Crippen LogP contribution in [0, 0.1) is 0 Å². The number of carbonyl (C=O) groups is 1. The van der Waals surface area contributed by atoms with Crippen molar-refractivity contribution in [1.29, 1.82) is 0 Å². The predicted molar refractivity (Wildman–Crippen MR) is 83.9 cm³/mol. The van der Waals surface area contributed by atoms with Gasteiger partial charge in [-0.3, -0.25) is 4.79 Å². The second-order valence-electron chi connectivity index (χ2n) is 5.01. The molecule has 6 heteroatoms. The lowest BCUT2D eigenvalue weighted by Crippen LogP contribution is -2.27. The van der Waals surface area contributed by atoms with E-state index < -0.39 is 0 Å². The first kappa shape index (κ1) is 16.0. The van der Waals surface area contributed by atoms with E-state index in [0.29, 0.717) is 31.1 Å². The molecule has 1 N–H and O–H groups in total. The van der Waals surface area contributed by atoms with Crippen molar-refractivity contribution in [3.63, 3.8) is 0 Å². The summed E-state index contributed by atoms with van der Waals surface area (Å²) in [6.45, 7) is 1.57. The van der Waals surface area contributed by atoms with Crippen molar-refractivity contribution in [2.24, 2.45) is 0 Å². The van der Waals surface area contributed by atoms with Crippen LogP contribution in [-0.2, 0) is 11.3 Å². The van der Waals surface area contributed by atoms with Gasteiger partial charge in [0.2, 0.25) is 0 Å². The van der Waals surface area contributed by atoms with E-state index in [9.17, 15) is 4.79 Å². The molecule has 1 amide bonds. The Kier molecular flexibility index (Phi) is 5.97. The lowest BCUT2D eigenvalue weighted by molar-refractivity contribution is 0.0917. The van der Waals surface area contributed by atoms with Crippen molar-refractivity contribution in [1.82, 2.24) is 10.3 Å². The van der Waals surface area contributed by atoms with Gasteiger partial charge >= 0.3 is 0 Å². The summed E-state index contributed by atoms with van der Waals surface area (Å²) < 4.78 is 10.6. The van der Waals surface area contributed by atoms with Gasteiger partial charge in [-0.2, -0.15) is 0 Å². The Labute approximate surface area is 130 Å². The van der Waals surface area contributed by atoms with Crippen LogP contribution in [0.1, 0.15) is 22.5 Å². The highest BCUT2D eigenvalue weighted by atomic mass is 16.5. The summed E-state index contributed by atoms with van der Waals surface area (Å²) >= 11 is 0. The molecular weight excluding hydrogens is 282 g/mol. The molecule has 2 rings (SSSR count). The van der Waals surface area contributed by atoms with E-state index in [2.05, 4.69) is 10.3 Å². The average Bonchev–Trinajstić information content (AvgIpc) is 3.03. The third-order valence-corrected chi connectivity index (χ3v) is 3.03. The van der Waals surface area contributed by atoms with Gasteiger partial charge in [-0.15, -0.1) is 0 Å². The number of ether oxygens (including phenoxy) is 1. The van der Waals surface area contributed by atoms with Crippen LogP contribution in [0.4, 0.5) is 5.82 Å². The number of nitrogens with zero attached hydrogens (tertiary/aromatic N) is 2. The fraction of sp³-hybridized carbons (Fsp3) is 0.375. The maximum absolute atomic E-state index is 12.2. The lowest BCUT2D eigenvalue weighted by Gasteiger charge is -2.15. The van der Waals surface area contributed by atoms with Gasteiger partial charge in [0.05, 0.1) is 11.8 Å². The Hall–Kier alpha value is -2.34. The van der Waals surface area contributed by atoms with Gasteiger partial charge in [0, 0.05) is 33.4 Å². The van der Waals surface area contributed by atoms with Crippen molar-refractivity contribution in [2.45, 2.75) is 13.0 Å². The molecule has 6 nitrogen and oxygen atoms in total. The van der Waals surface area contributed by atoms with Crippen molar-refractivity contribution in [3.05, 3.63) is 48.0 Å². The molecule has 118 valence electrons. The standard InChI is InChI=1S/C16H21N3O3/c1-19(2)15-14(7-3-8-17-15)16(20)18-9-5-10-21-12-13-6-4-11-22-13/h3-4,6-8,11H,5,9-10,12H2,1-2H3,(H,18,20). The van der Waals surface area contributed by atoms with Gasteiger partial charge in [0.1, 0.15) is 18.2 Å². The molecule has 2 aromatic rings. The Morgan fingerprint density at radius 2 is 2.23 bits per heavy atom. The number of hydrogen-bond donors (Lipinski definition) is 1. The Morgan fingerprint density at radius 1 is 1.36 bits per heavy atom. The number of rotatable bonds is 8. The topological polar surface area (TPSA) is 67.6 Å². The number of anilines is 1. The molecule has 0 aliphatic rings. The van der Waals surface area contributed by atoms with Gasteiger partial charge in [0.15, 0.2) is 0 Å². The van der Waals surface area contributed by atoms with Crippen molar-refractivity contribution in [2.75, 3.05) is 32.1 Å². The van der Waals surface area contributed by atoms with Gasteiger partial charge in [0.25, 0.3) is 5.91 Å². The van der Waals surface area contributed by atoms with Crippen LogP contribution in [0.3, 0.4) is 0 Å². The van der Waals surface area contributed by atoms with Crippen LogP contribution in [0.5, 0.6) is 0 Å². The first-order chi connectivity index (χ1) is 10.7. The maximum atomic E-state index is 12.2. The molecule has 0 saturated carbocycles. The summed E-state index contributed by atoms with van der Waals surface area (Å²) in [7, 11) is 3.73. The van der Waals surface area contributed by atoms with E-state index in [1.54, 1.807) is 24.6 Å². The molecule has 0 saturated heterocycles. The van der Waals surface area contributed by atoms with Crippen LogP contribution < -0.4 is 10.2 Å². The van der Waals surface area contributed by atoms with Gasteiger partial charge in [-0.1, -0.05) is 0 Å². The highest BCUT2D eigenvalue weighted by Crippen LogP contribution is 2.13. The first-order valence-corrected chi connectivity index (χ1v) is 7.19. The summed E-state index contributed by atoms with van der Waals surface area (Å²) in [6, 6.07) is 7.22. The molecule has 0 atom stereocenters. The number of pyridine rings is 1. The van der Waals surface area contributed by atoms with Gasteiger partial charge in [-0.25, -0.2) is 4.98 Å². The third kappa shape index (κ3) is 4.60. The summed E-state index contributed by atoms with van der Waals surface area (Å²) in [4.78, 5) is 18.2. The van der Waals surface area contributed by atoms with Crippen molar-refractivity contribution >= 4 is 11.7 Å². The van der Waals surface area contributed by atoms with Gasteiger partial charge in [-0.05, 0) is 30.7 Å². The van der Waals surface area contributed by atoms with Gasteiger partial charge < -0.3 is 19.4 Å². The molecule has 0 unspecified atom stereocenters. The SMILES string of the molecule is CN(C)c1ncccc1C(=O)NCCCOCc1ccco1. The summed E-state index contributed by atoms with van der Waals surface area (Å²) in [5.41, 5.74) is 0.573. The highest BCUT2D eigenvalue weighted by molar-refractivity contribution is 5.98. The van der Waals surface area contributed by atoms with Crippen LogP contribution in [0.2, 0.25) is 0 Å². The molecule has 0 spiro atoms. The quantitative estimate of drug-likeness (QED) is 0.756. The zero-order valence-corrected chi connectivity index (χ0v) is 12.9. The summed E-state index contributed by atoms with van der Waals surface area (Å²) in [5, 5.41) is 2.88. The minimum Gasteiger partial charge on any atom is -0.467 e. The largest absolute Gasteiger partial charge is 0.467 e. The summed E-state index contributed by atoms with van der Waals surface area (Å²) in [5.74, 6) is 1.34. The van der Waals surface area contributed by atoms with Crippen LogP contribution in [-0.4, -0.2) is 38.1 Å². The molecule has 0 bridgehead atoms. The number of hydrogen-bond acceptors (Lipinski definition) is 5. The number of nitrogens with one attached hydrogen (secondary N) is 1. The minimum atomic E-state index is -0.122. The highest BCUT2D eigenvalue weighted by Gasteiger charge is 2.12. The molecule has 0 aliphatic carbocycles. The minimum absolute atomic E-state index is 0.122. The van der Waals surface area contributed by atoms with E-state index in [4.69, 9.17) is 9.15 Å². The zero-order chi connectivity index (χ0) is 15.8.